The lowest BCUT2D eigenvalue weighted by Crippen LogP contribution is -2.49. The van der Waals surface area contributed by atoms with Crippen molar-refractivity contribution in [3.8, 4) is 0 Å². The fourth-order valence-corrected chi connectivity index (χ4v) is 3.47. The van der Waals surface area contributed by atoms with Gasteiger partial charge in [-0.25, -0.2) is 0 Å². The predicted octanol–water partition coefficient (Wildman–Crippen LogP) is 1.79. The van der Waals surface area contributed by atoms with Gasteiger partial charge in [-0.15, -0.1) is 11.3 Å². The molecule has 0 bridgehead atoms. The van der Waals surface area contributed by atoms with Crippen LogP contribution in [0.3, 0.4) is 0 Å². The number of carbonyl (C=O) groups is 1. The summed E-state index contributed by atoms with van der Waals surface area (Å²) in [6.07, 6.45) is 6.11. The van der Waals surface area contributed by atoms with E-state index < -0.39 is 0 Å². The number of aryl methyl sites for hydroxylation is 1. The Hall–Kier alpha value is -1.66. The molecule has 1 N–H and O–H groups in total. The van der Waals surface area contributed by atoms with Crippen LogP contribution in [0, 0.1) is 0 Å². The van der Waals surface area contributed by atoms with Gasteiger partial charge >= 0.3 is 0 Å². The lowest BCUT2D eigenvalue weighted by molar-refractivity contribution is -0.132. The molecular formula is C16H22N4OS. The summed E-state index contributed by atoms with van der Waals surface area (Å²) >= 11 is 1.82. The molecule has 1 aliphatic rings. The Morgan fingerprint density at radius 3 is 2.82 bits per heavy atom. The molecule has 2 aromatic heterocycles. The Bertz CT molecular complexity index is 559. The lowest BCUT2D eigenvalue weighted by atomic mass is 10.1. The van der Waals surface area contributed by atoms with Gasteiger partial charge in [0.15, 0.2) is 0 Å². The highest BCUT2D eigenvalue weighted by molar-refractivity contribution is 7.09. The summed E-state index contributed by atoms with van der Waals surface area (Å²) in [5.74, 6) is 0.263. The third-order valence-electron chi connectivity index (χ3n) is 4.16. The monoisotopic (exact) mass is 318 g/mol. The van der Waals surface area contributed by atoms with E-state index in [1.165, 1.54) is 4.88 Å². The van der Waals surface area contributed by atoms with Crippen molar-refractivity contribution in [1.29, 1.82) is 0 Å². The molecule has 0 spiro atoms. The minimum atomic E-state index is 0.263. The number of nitrogens with zero attached hydrogens (tertiary/aromatic N) is 3. The van der Waals surface area contributed by atoms with Gasteiger partial charge in [-0.1, -0.05) is 6.07 Å². The van der Waals surface area contributed by atoms with Crippen LogP contribution in [0.15, 0.2) is 29.9 Å². The molecule has 3 rings (SSSR count). The molecule has 1 aliphatic heterocycles. The van der Waals surface area contributed by atoms with E-state index in [1.54, 1.807) is 6.20 Å². The fourth-order valence-electron chi connectivity index (χ4n) is 2.77. The molecule has 1 fully saturated rings. The number of hydrogen-bond donors (Lipinski definition) is 1. The van der Waals surface area contributed by atoms with E-state index in [1.807, 2.05) is 22.4 Å². The molecule has 2 aromatic rings. The molecule has 0 saturated carbocycles. The summed E-state index contributed by atoms with van der Waals surface area (Å²) in [5.41, 5.74) is 1.10. The minimum Gasteiger partial charge on any atom is -0.340 e. The zero-order chi connectivity index (χ0) is 15.2. The van der Waals surface area contributed by atoms with Gasteiger partial charge in [0.25, 0.3) is 0 Å². The van der Waals surface area contributed by atoms with Crippen molar-refractivity contribution in [3.63, 3.8) is 0 Å². The first-order valence-electron chi connectivity index (χ1n) is 7.81. The summed E-state index contributed by atoms with van der Waals surface area (Å²) in [5, 5.41) is 8.82. The highest BCUT2D eigenvalue weighted by Crippen LogP contribution is 2.11. The van der Waals surface area contributed by atoms with Gasteiger partial charge in [0.1, 0.15) is 0 Å². The average Bonchev–Trinajstić information content (AvgIpc) is 3.24. The second-order valence-corrected chi connectivity index (χ2v) is 6.69. The number of nitrogens with one attached hydrogen (secondary N) is 1. The molecule has 22 heavy (non-hydrogen) atoms. The minimum absolute atomic E-state index is 0.263. The summed E-state index contributed by atoms with van der Waals surface area (Å²) < 4.78 is 0. The molecule has 0 radical (unpaired) electrons. The molecule has 6 heteroatoms. The van der Waals surface area contributed by atoms with Gasteiger partial charge in [0, 0.05) is 50.2 Å². The Morgan fingerprint density at radius 2 is 2.14 bits per heavy atom. The van der Waals surface area contributed by atoms with E-state index in [0.717, 1.165) is 51.1 Å². The predicted molar refractivity (Wildman–Crippen MR) is 88.0 cm³/mol. The van der Waals surface area contributed by atoms with Gasteiger partial charge in [0.05, 0.1) is 6.20 Å². The van der Waals surface area contributed by atoms with Crippen molar-refractivity contribution in [2.75, 3.05) is 32.7 Å². The Morgan fingerprint density at radius 1 is 1.27 bits per heavy atom. The average molecular weight is 318 g/mol. The van der Waals surface area contributed by atoms with Gasteiger partial charge < -0.3 is 4.90 Å². The van der Waals surface area contributed by atoms with Gasteiger partial charge in [0.2, 0.25) is 5.91 Å². The normalized spacial score (nSPS) is 16.1. The van der Waals surface area contributed by atoms with Crippen LogP contribution in [-0.2, 0) is 17.6 Å². The third-order valence-corrected chi connectivity index (χ3v) is 5.10. The third kappa shape index (κ3) is 4.18. The number of carbonyl (C=O) groups excluding carboxylic acids is 1. The van der Waals surface area contributed by atoms with Crippen LogP contribution in [0.1, 0.15) is 16.9 Å². The molecule has 118 valence electrons. The first-order valence-corrected chi connectivity index (χ1v) is 8.69. The molecular weight excluding hydrogens is 296 g/mol. The van der Waals surface area contributed by atoms with Crippen molar-refractivity contribution >= 4 is 17.2 Å². The van der Waals surface area contributed by atoms with Crippen molar-refractivity contribution in [2.45, 2.75) is 19.3 Å². The van der Waals surface area contributed by atoms with Gasteiger partial charge in [-0.05, 0) is 29.9 Å². The standard InChI is InChI=1S/C16H22N4OS/c21-16(4-3-14-12-17-18-13-14)20-9-7-19(8-10-20)6-5-15-2-1-11-22-15/h1-2,11-13H,3-10H2,(H,17,18). The number of piperazine rings is 1. The van der Waals surface area contributed by atoms with Gasteiger partial charge in [-0.2, -0.15) is 5.10 Å². The van der Waals surface area contributed by atoms with Crippen LogP contribution >= 0.6 is 11.3 Å². The number of aromatic nitrogens is 2. The Labute approximate surface area is 134 Å². The Kier molecular flexibility index (Phi) is 5.24. The number of thiophene rings is 1. The van der Waals surface area contributed by atoms with Crippen LogP contribution in [-0.4, -0.2) is 58.6 Å². The molecule has 0 aromatic carbocycles. The first-order chi connectivity index (χ1) is 10.8. The summed E-state index contributed by atoms with van der Waals surface area (Å²) in [6.45, 7) is 4.78. The van der Waals surface area contributed by atoms with Crippen molar-refractivity contribution < 1.29 is 4.79 Å². The lowest BCUT2D eigenvalue weighted by Gasteiger charge is -2.34. The molecule has 1 saturated heterocycles. The SMILES string of the molecule is O=C(CCc1cn[nH]c1)N1CCN(CCc2cccs2)CC1. The highest BCUT2D eigenvalue weighted by atomic mass is 32.1. The van der Waals surface area contributed by atoms with E-state index in [2.05, 4.69) is 32.6 Å². The quantitative estimate of drug-likeness (QED) is 0.883. The molecule has 1 amide bonds. The smallest absolute Gasteiger partial charge is 0.222 e. The van der Waals surface area contributed by atoms with Crippen LogP contribution in [0.25, 0.3) is 0 Å². The number of amides is 1. The molecule has 3 heterocycles. The summed E-state index contributed by atoms with van der Waals surface area (Å²) in [7, 11) is 0. The summed E-state index contributed by atoms with van der Waals surface area (Å²) in [6, 6.07) is 4.30. The van der Waals surface area contributed by atoms with Gasteiger partial charge in [-0.3, -0.25) is 14.8 Å². The first kappa shape index (κ1) is 15.2. The fraction of sp³-hybridized carbons (Fsp3) is 0.500. The number of rotatable bonds is 6. The topological polar surface area (TPSA) is 52.2 Å². The van der Waals surface area contributed by atoms with Crippen molar-refractivity contribution in [1.82, 2.24) is 20.0 Å². The van der Waals surface area contributed by atoms with E-state index in [4.69, 9.17) is 0 Å². The molecule has 0 unspecified atom stereocenters. The maximum absolute atomic E-state index is 12.2. The number of hydrogen-bond acceptors (Lipinski definition) is 4. The maximum Gasteiger partial charge on any atom is 0.222 e. The zero-order valence-corrected chi connectivity index (χ0v) is 13.5. The second kappa shape index (κ2) is 7.56. The van der Waals surface area contributed by atoms with Crippen LogP contribution in [0.2, 0.25) is 0 Å². The van der Waals surface area contributed by atoms with E-state index in [-0.39, 0.29) is 5.91 Å². The molecule has 0 atom stereocenters. The van der Waals surface area contributed by atoms with Crippen LogP contribution in [0.5, 0.6) is 0 Å². The van der Waals surface area contributed by atoms with Crippen molar-refractivity contribution in [3.05, 3.63) is 40.3 Å². The number of H-pyrrole nitrogens is 1. The highest BCUT2D eigenvalue weighted by Gasteiger charge is 2.20. The number of aromatic amines is 1. The molecule has 5 nitrogen and oxygen atoms in total. The maximum atomic E-state index is 12.2. The van der Waals surface area contributed by atoms with Crippen LogP contribution < -0.4 is 0 Å². The van der Waals surface area contributed by atoms with E-state index >= 15 is 0 Å². The van der Waals surface area contributed by atoms with E-state index in [9.17, 15) is 4.79 Å². The second-order valence-electron chi connectivity index (χ2n) is 5.66. The molecule has 0 aliphatic carbocycles. The Balaban J connectivity index is 1.36. The van der Waals surface area contributed by atoms with E-state index in [0.29, 0.717) is 6.42 Å². The summed E-state index contributed by atoms with van der Waals surface area (Å²) in [4.78, 5) is 18.1. The van der Waals surface area contributed by atoms with Crippen LogP contribution in [0.4, 0.5) is 0 Å². The largest absolute Gasteiger partial charge is 0.340 e. The van der Waals surface area contributed by atoms with Crippen molar-refractivity contribution in [2.24, 2.45) is 0 Å². The zero-order valence-electron chi connectivity index (χ0n) is 12.7.